The molecule has 21 heavy (non-hydrogen) atoms. The van der Waals surface area contributed by atoms with Crippen LogP contribution in [0.2, 0.25) is 0 Å². The van der Waals surface area contributed by atoms with E-state index in [1.54, 1.807) is 10.4 Å². The highest BCUT2D eigenvalue weighted by atomic mass is 32.2. The molecule has 2 heterocycles. The van der Waals surface area contributed by atoms with Gasteiger partial charge in [0, 0.05) is 25.2 Å². The van der Waals surface area contributed by atoms with Crippen LogP contribution in [0.5, 0.6) is 0 Å². The number of thiophene rings is 1. The van der Waals surface area contributed by atoms with E-state index in [2.05, 4.69) is 19.2 Å². The van der Waals surface area contributed by atoms with Gasteiger partial charge in [-0.25, -0.2) is 8.42 Å². The molecule has 7 heteroatoms. The number of ether oxygens (including phenoxy) is 1. The Bertz CT molecular complexity index is 554. The second kappa shape index (κ2) is 7.19. The van der Waals surface area contributed by atoms with Crippen molar-refractivity contribution in [3.8, 4) is 0 Å². The van der Waals surface area contributed by atoms with Gasteiger partial charge in [0.15, 0.2) is 0 Å². The van der Waals surface area contributed by atoms with Crippen molar-refractivity contribution in [3.63, 3.8) is 0 Å². The maximum Gasteiger partial charge on any atom is 0.252 e. The Labute approximate surface area is 131 Å². The summed E-state index contributed by atoms with van der Waals surface area (Å²) in [6.07, 6.45) is 0.770. The molecule has 1 aromatic heterocycles. The standard InChI is InChI=1S/C14H24N2O3S2/c1-4-13-9-19-6-5-16(13)21(17,18)14-7-12(10-20-14)8-15-11(2)3/h7,10-11,13,15H,4-6,8-9H2,1-3H3. The molecule has 1 atom stereocenters. The minimum Gasteiger partial charge on any atom is -0.378 e. The highest BCUT2D eigenvalue weighted by Gasteiger charge is 2.33. The molecule has 0 saturated carbocycles. The van der Waals surface area contributed by atoms with Crippen molar-refractivity contribution in [2.45, 2.75) is 50.0 Å². The maximum absolute atomic E-state index is 12.8. The maximum atomic E-state index is 12.8. The molecule has 1 aromatic rings. The lowest BCUT2D eigenvalue weighted by Gasteiger charge is -2.33. The Morgan fingerprint density at radius 2 is 2.29 bits per heavy atom. The van der Waals surface area contributed by atoms with E-state index in [0.717, 1.165) is 12.0 Å². The van der Waals surface area contributed by atoms with E-state index in [9.17, 15) is 8.42 Å². The number of morpholine rings is 1. The third-order valence-corrected chi connectivity index (χ3v) is 6.97. The average Bonchev–Trinajstić information content (AvgIpc) is 2.94. The molecule has 2 rings (SSSR count). The third-order valence-electron chi connectivity index (χ3n) is 3.55. The Morgan fingerprint density at radius 1 is 1.52 bits per heavy atom. The topological polar surface area (TPSA) is 58.6 Å². The van der Waals surface area contributed by atoms with Gasteiger partial charge in [-0.2, -0.15) is 4.31 Å². The molecule has 1 saturated heterocycles. The fourth-order valence-electron chi connectivity index (χ4n) is 2.30. The Balaban J connectivity index is 2.15. The molecule has 0 spiro atoms. The fraction of sp³-hybridized carbons (Fsp3) is 0.714. The number of rotatable bonds is 6. The van der Waals surface area contributed by atoms with Crippen LogP contribution in [0.25, 0.3) is 0 Å². The van der Waals surface area contributed by atoms with Crippen LogP contribution in [-0.2, 0) is 21.3 Å². The van der Waals surface area contributed by atoms with Crippen molar-refractivity contribution >= 4 is 21.4 Å². The molecule has 1 aliphatic heterocycles. The number of hydrogen-bond donors (Lipinski definition) is 1. The first-order chi connectivity index (χ1) is 9.95. The normalized spacial score (nSPS) is 21.0. The molecule has 0 aliphatic carbocycles. The van der Waals surface area contributed by atoms with Gasteiger partial charge in [0.25, 0.3) is 10.0 Å². The lowest BCUT2D eigenvalue weighted by Crippen LogP contribution is -2.48. The molecular weight excluding hydrogens is 308 g/mol. The SMILES string of the molecule is CCC1COCCN1S(=O)(=O)c1cc(CNC(C)C)cs1. The van der Waals surface area contributed by atoms with Gasteiger partial charge in [-0.15, -0.1) is 11.3 Å². The Morgan fingerprint density at radius 3 is 2.95 bits per heavy atom. The zero-order valence-corrected chi connectivity index (χ0v) is 14.5. The predicted octanol–water partition coefficient (Wildman–Crippen LogP) is 2.05. The smallest absolute Gasteiger partial charge is 0.252 e. The summed E-state index contributed by atoms with van der Waals surface area (Å²) < 4.78 is 33.0. The molecule has 5 nitrogen and oxygen atoms in total. The van der Waals surface area contributed by atoms with E-state index in [1.807, 2.05) is 12.3 Å². The fourth-order valence-corrected chi connectivity index (χ4v) is 5.30. The molecule has 1 fully saturated rings. The van der Waals surface area contributed by atoms with Crippen LogP contribution < -0.4 is 5.32 Å². The van der Waals surface area contributed by atoms with Crippen molar-refractivity contribution in [2.24, 2.45) is 0 Å². The van der Waals surface area contributed by atoms with Crippen molar-refractivity contribution in [3.05, 3.63) is 17.0 Å². The first-order valence-corrected chi connectivity index (χ1v) is 9.67. The van der Waals surface area contributed by atoms with Crippen LogP contribution in [0, 0.1) is 0 Å². The summed E-state index contributed by atoms with van der Waals surface area (Å²) in [5.41, 5.74) is 1.02. The van der Waals surface area contributed by atoms with E-state index < -0.39 is 10.0 Å². The van der Waals surface area contributed by atoms with Crippen molar-refractivity contribution in [2.75, 3.05) is 19.8 Å². The van der Waals surface area contributed by atoms with Gasteiger partial charge in [-0.1, -0.05) is 20.8 Å². The number of nitrogens with zero attached hydrogens (tertiary/aromatic N) is 1. The van der Waals surface area contributed by atoms with Gasteiger partial charge in [0.2, 0.25) is 0 Å². The second-order valence-electron chi connectivity index (χ2n) is 5.56. The highest BCUT2D eigenvalue weighted by Crippen LogP contribution is 2.27. The summed E-state index contributed by atoms with van der Waals surface area (Å²) >= 11 is 1.30. The quantitative estimate of drug-likeness (QED) is 0.866. The van der Waals surface area contributed by atoms with Crippen LogP contribution >= 0.6 is 11.3 Å². The lowest BCUT2D eigenvalue weighted by atomic mass is 10.2. The number of nitrogens with one attached hydrogen (secondary N) is 1. The zero-order valence-electron chi connectivity index (χ0n) is 12.8. The van der Waals surface area contributed by atoms with Gasteiger partial charge < -0.3 is 10.1 Å². The van der Waals surface area contributed by atoms with Gasteiger partial charge >= 0.3 is 0 Å². The third kappa shape index (κ3) is 4.04. The van der Waals surface area contributed by atoms with Crippen LogP contribution in [0.3, 0.4) is 0 Å². The molecule has 0 bridgehead atoms. The van der Waals surface area contributed by atoms with Gasteiger partial charge in [0.05, 0.1) is 13.2 Å². The van der Waals surface area contributed by atoms with Crippen LogP contribution in [-0.4, -0.2) is 44.6 Å². The second-order valence-corrected chi connectivity index (χ2v) is 8.59. The first kappa shape index (κ1) is 16.9. The van der Waals surface area contributed by atoms with Crippen molar-refractivity contribution < 1.29 is 13.2 Å². The van der Waals surface area contributed by atoms with E-state index in [-0.39, 0.29) is 6.04 Å². The lowest BCUT2D eigenvalue weighted by molar-refractivity contribution is 0.0315. The largest absolute Gasteiger partial charge is 0.378 e. The Kier molecular flexibility index (Phi) is 5.79. The minimum absolute atomic E-state index is 0.0527. The molecule has 1 N–H and O–H groups in total. The van der Waals surface area contributed by atoms with Gasteiger partial charge in [-0.05, 0) is 23.4 Å². The van der Waals surface area contributed by atoms with Gasteiger partial charge in [0.1, 0.15) is 4.21 Å². The molecule has 1 unspecified atom stereocenters. The van der Waals surface area contributed by atoms with E-state index in [4.69, 9.17) is 4.74 Å². The summed E-state index contributed by atoms with van der Waals surface area (Å²) in [4.78, 5) is 0. The van der Waals surface area contributed by atoms with E-state index >= 15 is 0 Å². The summed E-state index contributed by atoms with van der Waals surface area (Å²) in [6, 6.07) is 2.12. The molecule has 0 aromatic carbocycles. The van der Waals surface area contributed by atoms with Crippen LogP contribution in [0.4, 0.5) is 0 Å². The van der Waals surface area contributed by atoms with Crippen molar-refractivity contribution in [1.29, 1.82) is 0 Å². The molecule has 0 amide bonds. The summed E-state index contributed by atoms with van der Waals surface area (Å²) in [5.74, 6) is 0. The van der Waals surface area contributed by atoms with Crippen molar-refractivity contribution in [1.82, 2.24) is 9.62 Å². The summed E-state index contributed by atoms with van der Waals surface area (Å²) in [5, 5.41) is 5.22. The molecule has 120 valence electrons. The molecular formula is C14H24N2O3S2. The number of sulfonamides is 1. The monoisotopic (exact) mass is 332 g/mol. The van der Waals surface area contributed by atoms with Gasteiger partial charge in [-0.3, -0.25) is 0 Å². The Hall–Kier alpha value is -0.470. The summed E-state index contributed by atoms with van der Waals surface area (Å²) in [7, 11) is -3.40. The minimum atomic E-state index is -3.40. The zero-order chi connectivity index (χ0) is 15.5. The van der Waals surface area contributed by atoms with Crippen LogP contribution in [0.1, 0.15) is 32.8 Å². The van der Waals surface area contributed by atoms with Crippen LogP contribution in [0.15, 0.2) is 15.7 Å². The number of hydrogen-bond acceptors (Lipinski definition) is 5. The van der Waals surface area contributed by atoms with E-state index in [1.165, 1.54) is 11.3 Å². The highest BCUT2D eigenvalue weighted by molar-refractivity contribution is 7.91. The average molecular weight is 332 g/mol. The first-order valence-electron chi connectivity index (χ1n) is 7.35. The molecule has 0 radical (unpaired) electrons. The van der Waals surface area contributed by atoms with E-state index in [0.29, 0.717) is 36.6 Å². The predicted molar refractivity (Wildman–Crippen MR) is 85.1 cm³/mol. The molecule has 1 aliphatic rings. The summed E-state index contributed by atoms with van der Waals surface area (Å²) in [6.45, 7) is 8.25.